The van der Waals surface area contributed by atoms with Gasteiger partial charge in [0.2, 0.25) is 0 Å². The Kier molecular flexibility index (Phi) is 7.59. The number of anilines is 6. The SMILES string of the molecule is CS1(C)c2ccc(N(c3ccccc3)c3ccccc3)cc2-c2cc3cc4c(cc3cc21)S(C)(C)c1ccc(N(c2ccccc2)c2ccccc2)cc1-4. The number of hydrogen-bond acceptors (Lipinski definition) is 2. The van der Waals surface area contributed by atoms with E-state index in [9.17, 15) is 0 Å². The molecule has 0 saturated heterocycles. The van der Waals surface area contributed by atoms with E-state index in [-0.39, 0.29) is 0 Å². The van der Waals surface area contributed by atoms with Gasteiger partial charge in [-0.3, -0.25) is 0 Å². The molecule has 0 atom stereocenters. The van der Waals surface area contributed by atoms with Gasteiger partial charge in [0.05, 0.1) is 0 Å². The third kappa shape index (κ3) is 5.12. The normalized spacial score (nSPS) is 15.4. The maximum Gasteiger partial charge on any atom is 0.0468 e. The van der Waals surface area contributed by atoms with Gasteiger partial charge >= 0.3 is 0 Å². The molecule has 8 aromatic carbocycles. The van der Waals surface area contributed by atoms with Crippen LogP contribution in [0, 0.1) is 0 Å². The van der Waals surface area contributed by atoms with E-state index < -0.39 is 20.1 Å². The summed E-state index contributed by atoms with van der Waals surface area (Å²) >= 11 is 0. The van der Waals surface area contributed by atoms with E-state index in [0.717, 1.165) is 22.7 Å². The number of nitrogens with zero attached hydrogens (tertiary/aromatic N) is 2. The quantitative estimate of drug-likeness (QED) is 0.168. The van der Waals surface area contributed by atoms with Crippen LogP contribution in [0.1, 0.15) is 0 Å². The van der Waals surface area contributed by atoms with Crippen molar-refractivity contribution in [2.24, 2.45) is 0 Å². The van der Waals surface area contributed by atoms with Gasteiger partial charge in [0, 0.05) is 53.7 Å². The van der Waals surface area contributed by atoms with Crippen molar-refractivity contribution in [1.82, 2.24) is 0 Å². The zero-order chi connectivity index (χ0) is 36.6. The van der Waals surface area contributed by atoms with E-state index in [1.165, 1.54) is 64.0 Å². The summed E-state index contributed by atoms with van der Waals surface area (Å²) in [6.07, 6.45) is 9.89. The molecule has 10 rings (SSSR count). The fourth-order valence-corrected chi connectivity index (χ4v) is 13.6. The second-order valence-electron chi connectivity index (χ2n) is 15.1. The summed E-state index contributed by atoms with van der Waals surface area (Å²) in [5.74, 6) is 0. The maximum atomic E-state index is 2.53. The molecule has 4 heteroatoms. The summed E-state index contributed by atoms with van der Waals surface area (Å²) in [7, 11) is -2.42. The van der Waals surface area contributed by atoms with Gasteiger partial charge in [0.25, 0.3) is 0 Å². The van der Waals surface area contributed by atoms with Crippen LogP contribution in [-0.2, 0) is 0 Å². The molecule has 0 N–H and O–H groups in total. The van der Waals surface area contributed by atoms with Crippen LogP contribution in [0.3, 0.4) is 0 Å². The van der Waals surface area contributed by atoms with Crippen LogP contribution in [-0.4, -0.2) is 25.0 Å². The van der Waals surface area contributed by atoms with Crippen molar-refractivity contribution < 1.29 is 0 Å². The van der Waals surface area contributed by atoms with Crippen LogP contribution >= 0.6 is 20.1 Å². The van der Waals surface area contributed by atoms with Crippen LogP contribution in [0.15, 0.2) is 202 Å². The van der Waals surface area contributed by atoms with Crippen molar-refractivity contribution in [2.45, 2.75) is 19.6 Å². The van der Waals surface area contributed by atoms with Gasteiger partial charge < -0.3 is 9.80 Å². The molecule has 0 spiro atoms. The van der Waals surface area contributed by atoms with Crippen LogP contribution < -0.4 is 9.80 Å². The molecular formula is C50H42N2S2. The molecule has 0 saturated carbocycles. The van der Waals surface area contributed by atoms with Gasteiger partial charge in [-0.15, -0.1) is 0 Å². The average molecular weight is 735 g/mol. The lowest BCUT2D eigenvalue weighted by Gasteiger charge is -2.30. The predicted molar refractivity (Wildman–Crippen MR) is 236 cm³/mol. The average Bonchev–Trinajstić information content (AvgIpc) is 3.56. The van der Waals surface area contributed by atoms with E-state index in [2.05, 4.69) is 217 Å². The fourth-order valence-electron chi connectivity index (χ4n) is 8.64. The largest absolute Gasteiger partial charge is 0.310 e. The minimum Gasteiger partial charge on any atom is -0.310 e. The highest BCUT2D eigenvalue weighted by Gasteiger charge is 2.36. The third-order valence-electron chi connectivity index (χ3n) is 11.3. The first-order chi connectivity index (χ1) is 26.3. The Balaban J connectivity index is 1.13. The molecule has 0 radical (unpaired) electrons. The van der Waals surface area contributed by atoms with Crippen LogP contribution in [0.4, 0.5) is 34.1 Å². The number of para-hydroxylation sites is 4. The monoisotopic (exact) mass is 734 g/mol. The summed E-state index contributed by atoms with van der Waals surface area (Å²) in [5.41, 5.74) is 12.4. The summed E-state index contributed by atoms with van der Waals surface area (Å²) in [6, 6.07) is 67.3. The van der Waals surface area contributed by atoms with Crippen LogP contribution in [0.5, 0.6) is 0 Å². The molecule has 2 aliphatic heterocycles. The van der Waals surface area contributed by atoms with E-state index in [1.54, 1.807) is 0 Å². The van der Waals surface area contributed by atoms with Gasteiger partial charge in [0.15, 0.2) is 0 Å². The highest BCUT2D eigenvalue weighted by Crippen LogP contribution is 2.70. The second kappa shape index (κ2) is 12.4. The summed E-state index contributed by atoms with van der Waals surface area (Å²) in [5, 5.41) is 2.65. The van der Waals surface area contributed by atoms with Crippen molar-refractivity contribution in [2.75, 3.05) is 34.8 Å². The highest BCUT2D eigenvalue weighted by molar-refractivity contribution is 8.33. The molecule has 2 nitrogen and oxygen atoms in total. The molecule has 0 unspecified atom stereocenters. The molecule has 8 aromatic rings. The molecular weight excluding hydrogens is 693 g/mol. The Bertz CT molecular complexity index is 2440. The van der Waals surface area contributed by atoms with Crippen molar-refractivity contribution in [3.63, 3.8) is 0 Å². The minimum absolute atomic E-state index is 1.16. The zero-order valence-corrected chi connectivity index (χ0v) is 32.7. The van der Waals surface area contributed by atoms with E-state index in [1.807, 2.05) is 0 Å². The molecule has 0 amide bonds. The van der Waals surface area contributed by atoms with Gasteiger partial charge in [-0.2, -0.15) is 20.1 Å². The lowest BCUT2D eigenvalue weighted by molar-refractivity contribution is 1.27. The molecule has 0 aliphatic carbocycles. The highest BCUT2D eigenvalue weighted by atomic mass is 32.3. The Labute approximate surface area is 322 Å². The first kappa shape index (κ1) is 32.9. The van der Waals surface area contributed by atoms with Crippen molar-refractivity contribution >= 4 is 65.0 Å². The van der Waals surface area contributed by atoms with Crippen LogP contribution in [0.25, 0.3) is 33.0 Å². The van der Waals surface area contributed by atoms with Crippen LogP contribution in [0.2, 0.25) is 0 Å². The van der Waals surface area contributed by atoms with Crippen molar-refractivity contribution in [3.8, 4) is 22.3 Å². The smallest absolute Gasteiger partial charge is 0.0468 e. The Morgan fingerprint density at radius 1 is 0.278 bits per heavy atom. The molecule has 264 valence electrons. The first-order valence-electron chi connectivity index (χ1n) is 18.5. The number of benzene rings is 8. The molecule has 2 aliphatic rings. The fraction of sp³-hybridized carbons (Fsp3) is 0.0800. The lowest BCUT2D eigenvalue weighted by atomic mass is 9.97. The van der Waals surface area contributed by atoms with E-state index >= 15 is 0 Å². The second-order valence-corrected chi connectivity index (χ2v) is 22.1. The van der Waals surface area contributed by atoms with Gasteiger partial charge in [-0.25, -0.2) is 0 Å². The molecule has 0 bridgehead atoms. The molecule has 2 heterocycles. The van der Waals surface area contributed by atoms with Gasteiger partial charge in [-0.1, -0.05) is 72.8 Å². The van der Waals surface area contributed by atoms with E-state index in [0.29, 0.717) is 0 Å². The predicted octanol–water partition coefficient (Wildman–Crippen LogP) is 14.7. The zero-order valence-electron chi connectivity index (χ0n) is 31.0. The summed E-state index contributed by atoms with van der Waals surface area (Å²) in [4.78, 5) is 10.7. The minimum atomic E-state index is -1.21. The maximum absolute atomic E-state index is 2.53. The third-order valence-corrected chi connectivity index (χ3v) is 17.1. The topological polar surface area (TPSA) is 6.48 Å². The Morgan fingerprint density at radius 3 is 0.907 bits per heavy atom. The summed E-state index contributed by atoms with van der Waals surface area (Å²) in [6.45, 7) is 0. The van der Waals surface area contributed by atoms with Crippen molar-refractivity contribution in [1.29, 1.82) is 0 Å². The first-order valence-corrected chi connectivity index (χ1v) is 23.4. The summed E-state index contributed by atoms with van der Waals surface area (Å²) < 4.78 is 0. The van der Waals surface area contributed by atoms with Crippen molar-refractivity contribution in [3.05, 3.63) is 182 Å². The van der Waals surface area contributed by atoms with Gasteiger partial charge in [0.1, 0.15) is 0 Å². The molecule has 0 aromatic heterocycles. The Morgan fingerprint density at radius 2 is 0.574 bits per heavy atom. The number of hydrogen-bond donors (Lipinski definition) is 0. The molecule has 0 fully saturated rings. The number of rotatable bonds is 6. The van der Waals surface area contributed by atoms with E-state index in [4.69, 9.17) is 0 Å². The standard InChI is InChI=1S/C50H42N2S2/c1-53(2)47-27-25-41(51(37-17-9-5-10-18-37)38-19-11-6-12-20-38)33-45(47)43-29-35-30-44-46-34-42(52(39-21-13-7-14-22-39)40-23-15-8-16-24-40)26-28-48(46)54(3,4)50(44)32-36(35)31-49(43)53/h5-34H,1-4H3. The lowest BCUT2D eigenvalue weighted by Crippen LogP contribution is -2.09. The Hall–Kier alpha value is -5.68. The number of fused-ring (bicyclic) bond motifs is 7. The van der Waals surface area contributed by atoms with Gasteiger partial charge in [-0.05, 0) is 167 Å². The molecule has 54 heavy (non-hydrogen) atoms.